The van der Waals surface area contributed by atoms with Gasteiger partial charge in [-0.05, 0) is 18.6 Å². The van der Waals surface area contributed by atoms with Crippen LogP contribution in [-0.4, -0.2) is 54.8 Å². The van der Waals surface area contributed by atoms with Crippen LogP contribution < -0.4 is 17.0 Å². The van der Waals surface area contributed by atoms with Crippen LogP contribution in [-0.2, 0) is 15.1 Å². The molecule has 0 aromatic heterocycles. The van der Waals surface area contributed by atoms with Crippen LogP contribution in [0.5, 0.6) is 0 Å². The van der Waals surface area contributed by atoms with Gasteiger partial charge >= 0.3 is 5.97 Å². The predicted molar refractivity (Wildman–Crippen MR) is 93.5 cm³/mol. The third-order valence-electron chi connectivity index (χ3n) is 6.03. The van der Waals surface area contributed by atoms with E-state index in [-0.39, 0.29) is 23.4 Å². The summed E-state index contributed by atoms with van der Waals surface area (Å²) in [5.41, 5.74) is -3.10. The second-order valence-electron chi connectivity index (χ2n) is 8.67. The van der Waals surface area contributed by atoms with Crippen LogP contribution in [0.3, 0.4) is 0 Å². The van der Waals surface area contributed by atoms with Gasteiger partial charge in [-0.2, -0.15) is 0 Å². The van der Waals surface area contributed by atoms with Crippen LogP contribution in [0.2, 0.25) is 0 Å². The molecule has 1 saturated carbocycles. The quantitative estimate of drug-likeness (QED) is 0.382. The molecule has 164 valence electrons. The van der Waals surface area contributed by atoms with Crippen LogP contribution in [0.25, 0.3) is 0 Å². The predicted octanol–water partition coefficient (Wildman–Crippen LogP) is 0.374. The Hall–Kier alpha value is -1.19. The third kappa shape index (κ3) is 5.11. The smallest absolute Gasteiger partial charge is 0.343 e. The van der Waals surface area contributed by atoms with Gasteiger partial charge in [-0.3, -0.25) is 0 Å². The molecule has 1 aliphatic carbocycles. The van der Waals surface area contributed by atoms with E-state index in [0.29, 0.717) is 18.9 Å². The van der Waals surface area contributed by atoms with Gasteiger partial charge in [-0.15, -0.1) is 0 Å². The van der Waals surface area contributed by atoms with Gasteiger partial charge in [-0.1, -0.05) is 0 Å². The molecule has 0 radical (unpaired) electrons. The lowest BCUT2D eigenvalue weighted by molar-refractivity contribution is -0.896. The van der Waals surface area contributed by atoms with Crippen molar-refractivity contribution in [2.45, 2.75) is 49.7 Å². The maximum absolute atomic E-state index is 14.4. The molecule has 0 spiro atoms. The van der Waals surface area contributed by atoms with Crippen molar-refractivity contribution in [3.05, 3.63) is 35.4 Å². The molecule has 2 fully saturated rings. The number of carbonyl (C=O) groups is 1. The number of benzene rings is 1. The highest BCUT2D eigenvalue weighted by atomic mass is 79.9. The lowest BCUT2D eigenvalue weighted by atomic mass is 9.79. The maximum Gasteiger partial charge on any atom is 0.343 e. The monoisotopic (exact) mass is 483 g/mol. The number of hydrogen-bond acceptors (Lipinski definition) is 3. The van der Waals surface area contributed by atoms with E-state index in [2.05, 4.69) is 0 Å². The number of alkyl halides is 2. The van der Waals surface area contributed by atoms with Gasteiger partial charge in [0, 0.05) is 43.2 Å². The molecule has 9 heteroatoms. The Kier molecular flexibility index (Phi) is 7.07. The van der Waals surface area contributed by atoms with E-state index in [1.807, 2.05) is 14.1 Å². The van der Waals surface area contributed by atoms with Crippen molar-refractivity contribution in [1.29, 1.82) is 0 Å². The summed E-state index contributed by atoms with van der Waals surface area (Å²) in [6.45, 7) is 1.51. The highest BCUT2D eigenvalue weighted by molar-refractivity contribution is 5.82. The lowest BCUT2D eigenvalue weighted by Gasteiger charge is -2.39. The number of likely N-dealkylation sites (tertiary alicyclic amines) is 1. The molecular weight excluding hydrogens is 458 g/mol. The molecule has 1 saturated heterocycles. The lowest BCUT2D eigenvalue weighted by Crippen LogP contribution is -3.00. The molecule has 2 aliphatic rings. The normalized spacial score (nSPS) is 25.7. The van der Waals surface area contributed by atoms with Crippen LogP contribution in [0, 0.1) is 17.6 Å². The molecule has 0 bridgehead atoms. The first-order chi connectivity index (χ1) is 12.9. The standard InChI is InChI=1S/C20H26F4NO3.BrH/c1-25(2)9-6-15(7-10-25)28-18(26)20(27,13-5-8-19(23,24)12-13)16-4-3-14(21)11-17(16)22;/h3-4,11,13,15,27H,5-10,12H2,1-2H3;1H/q+1;/p-1/t13-,20-;/m1./s1. The van der Waals surface area contributed by atoms with Crippen molar-refractivity contribution in [2.75, 3.05) is 27.2 Å². The molecular formula is C20H26BrF4NO3. The minimum absolute atomic E-state index is 0. The molecule has 1 aliphatic heterocycles. The maximum atomic E-state index is 14.4. The summed E-state index contributed by atoms with van der Waals surface area (Å²) in [7, 11) is 4.09. The van der Waals surface area contributed by atoms with Crippen molar-refractivity contribution >= 4 is 5.97 Å². The average molecular weight is 484 g/mol. The van der Waals surface area contributed by atoms with E-state index in [1.165, 1.54) is 0 Å². The summed E-state index contributed by atoms with van der Waals surface area (Å²) < 4.78 is 61.6. The summed E-state index contributed by atoms with van der Waals surface area (Å²) in [4.78, 5) is 12.9. The Balaban J connectivity index is 0.00000300. The summed E-state index contributed by atoms with van der Waals surface area (Å²) in [5, 5.41) is 11.2. The van der Waals surface area contributed by atoms with Gasteiger partial charge in [0.25, 0.3) is 0 Å². The Bertz CT molecular complexity index is 751. The Morgan fingerprint density at radius 1 is 1.21 bits per heavy atom. The van der Waals surface area contributed by atoms with Gasteiger partial charge in [0.2, 0.25) is 5.92 Å². The topological polar surface area (TPSA) is 46.5 Å². The molecule has 3 rings (SSSR count). The van der Waals surface area contributed by atoms with E-state index in [0.717, 1.165) is 29.7 Å². The van der Waals surface area contributed by atoms with E-state index >= 15 is 0 Å². The summed E-state index contributed by atoms with van der Waals surface area (Å²) >= 11 is 0. The van der Waals surface area contributed by atoms with Gasteiger partial charge in [0.05, 0.1) is 27.2 Å². The highest BCUT2D eigenvalue weighted by Gasteiger charge is 2.56. The number of esters is 1. The highest BCUT2D eigenvalue weighted by Crippen LogP contribution is 2.48. The van der Waals surface area contributed by atoms with Crippen LogP contribution in [0.4, 0.5) is 17.6 Å². The molecule has 1 heterocycles. The SMILES string of the molecule is C[N+]1(C)CCC(OC(=O)[C@](O)(c2ccc(F)cc2F)[C@@H]2CCC(F)(F)C2)CC1.[Br-]. The summed E-state index contributed by atoms with van der Waals surface area (Å²) in [5.74, 6) is -7.46. The summed E-state index contributed by atoms with van der Waals surface area (Å²) in [6, 6.07) is 2.36. The second-order valence-corrected chi connectivity index (χ2v) is 8.67. The number of hydrogen-bond donors (Lipinski definition) is 1. The van der Waals surface area contributed by atoms with Gasteiger partial charge in [-0.25, -0.2) is 22.4 Å². The fraction of sp³-hybridized carbons (Fsp3) is 0.650. The minimum atomic E-state index is -3.05. The van der Waals surface area contributed by atoms with Crippen LogP contribution in [0.1, 0.15) is 37.7 Å². The number of quaternary nitrogens is 1. The zero-order chi connectivity index (χ0) is 20.7. The number of aliphatic hydroxyl groups is 1. The number of nitrogens with zero attached hydrogens (tertiary/aromatic N) is 1. The first-order valence-electron chi connectivity index (χ1n) is 9.52. The Labute approximate surface area is 178 Å². The number of rotatable bonds is 4. The molecule has 29 heavy (non-hydrogen) atoms. The fourth-order valence-electron chi connectivity index (χ4n) is 4.20. The largest absolute Gasteiger partial charge is 1.00 e. The molecule has 1 N–H and O–H groups in total. The second kappa shape index (κ2) is 8.51. The van der Waals surface area contributed by atoms with Crippen molar-refractivity contribution in [3.63, 3.8) is 0 Å². The van der Waals surface area contributed by atoms with Crippen molar-refractivity contribution < 1.29 is 53.7 Å². The zero-order valence-corrected chi connectivity index (χ0v) is 18.0. The van der Waals surface area contributed by atoms with Gasteiger partial charge < -0.3 is 31.3 Å². The first-order valence-corrected chi connectivity index (χ1v) is 9.52. The third-order valence-corrected chi connectivity index (χ3v) is 6.03. The van der Waals surface area contributed by atoms with E-state index < -0.39 is 59.6 Å². The Morgan fingerprint density at radius 2 is 1.83 bits per heavy atom. The van der Waals surface area contributed by atoms with Gasteiger partial charge in [0.15, 0.2) is 5.60 Å². The number of piperidine rings is 1. The zero-order valence-electron chi connectivity index (χ0n) is 16.4. The number of ether oxygens (including phenoxy) is 1. The fourth-order valence-corrected chi connectivity index (χ4v) is 4.20. The molecule has 2 atom stereocenters. The van der Waals surface area contributed by atoms with Crippen LogP contribution >= 0.6 is 0 Å². The molecule has 1 aromatic rings. The number of carbonyl (C=O) groups excluding carboxylic acids is 1. The number of halogens is 5. The Morgan fingerprint density at radius 3 is 2.34 bits per heavy atom. The molecule has 0 unspecified atom stereocenters. The minimum Gasteiger partial charge on any atom is -1.00 e. The average Bonchev–Trinajstić information content (AvgIpc) is 2.96. The molecule has 4 nitrogen and oxygen atoms in total. The van der Waals surface area contributed by atoms with Crippen molar-refractivity contribution in [2.24, 2.45) is 5.92 Å². The van der Waals surface area contributed by atoms with Crippen molar-refractivity contribution in [1.82, 2.24) is 0 Å². The van der Waals surface area contributed by atoms with Crippen LogP contribution in [0.15, 0.2) is 18.2 Å². The molecule has 0 amide bonds. The van der Waals surface area contributed by atoms with E-state index in [1.54, 1.807) is 0 Å². The van der Waals surface area contributed by atoms with E-state index in [4.69, 9.17) is 4.74 Å². The first kappa shape index (κ1) is 24.1. The van der Waals surface area contributed by atoms with Crippen molar-refractivity contribution in [3.8, 4) is 0 Å². The van der Waals surface area contributed by atoms with E-state index in [9.17, 15) is 27.5 Å². The summed E-state index contributed by atoms with van der Waals surface area (Å²) in [6.07, 6.45) is -0.793. The van der Waals surface area contributed by atoms with Gasteiger partial charge in [0.1, 0.15) is 17.7 Å². The molecule has 1 aromatic carbocycles.